The zero-order valence-electron chi connectivity index (χ0n) is 10.1. The molecule has 1 amide bonds. The van der Waals surface area contributed by atoms with Crippen molar-refractivity contribution < 1.29 is 14.7 Å². The minimum atomic E-state index is -1.05. The molecule has 0 heterocycles. The lowest BCUT2D eigenvalue weighted by Gasteiger charge is -2.18. The van der Waals surface area contributed by atoms with Crippen LogP contribution >= 0.6 is 15.9 Å². The third-order valence-corrected chi connectivity index (χ3v) is 2.86. The highest BCUT2D eigenvalue weighted by Crippen LogP contribution is 2.17. The van der Waals surface area contributed by atoms with Gasteiger partial charge in [-0.25, -0.2) is 4.79 Å². The summed E-state index contributed by atoms with van der Waals surface area (Å²) < 4.78 is 0.670. The highest BCUT2D eigenvalue weighted by atomic mass is 79.9. The van der Waals surface area contributed by atoms with Crippen LogP contribution in [0.1, 0.15) is 24.2 Å². The summed E-state index contributed by atoms with van der Waals surface area (Å²) in [5, 5.41) is 11.5. The number of anilines is 1. The van der Waals surface area contributed by atoms with Crippen LogP contribution in [-0.2, 0) is 4.79 Å². The lowest BCUT2D eigenvalue weighted by atomic mass is 10.0. The van der Waals surface area contributed by atoms with Gasteiger partial charge in [0, 0.05) is 15.7 Å². The van der Waals surface area contributed by atoms with Gasteiger partial charge in [-0.15, -0.1) is 0 Å². The first-order chi connectivity index (χ1) is 8.31. The fourth-order valence-corrected chi connectivity index (χ4v) is 1.99. The van der Waals surface area contributed by atoms with E-state index in [1.54, 1.807) is 26.0 Å². The molecular weight excluding hydrogens is 300 g/mol. The third kappa shape index (κ3) is 3.73. The van der Waals surface area contributed by atoms with Crippen molar-refractivity contribution in [3.8, 4) is 0 Å². The van der Waals surface area contributed by atoms with E-state index in [-0.39, 0.29) is 5.92 Å². The average Bonchev–Trinajstić information content (AvgIpc) is 2.23. The molecule has 0 aromatic heterocycles. The minimum absolute atomic E-state index is 0.198. The van der Waals surface area contributed by atoms with Crippen molar-refractivity contribution >= 4 is 33.5 Å². The van der Waals surface area contributed by atoms with Gasteiger partial charge in [0.1, 0.15) is 6.04 Å². The molecule has 0 saturated carbocycles. The molecule has 0 radical (unpaired) electrons. The number of rotatable bonds is 4. The van der Waals surface area contributed by atoms with Crippen molar-refractivity contribution in [3.63, 3.8) is 0 Å². The summed E-state index contributed by atoms with van der Waals surface area (Å²) in [5.74, 6) is -1.71. The van der Waals surface area contributed by atoms with Gasteiger partial charge in [0.2, 0.25) is 0 Å². The van der Waals surface area contributed by atoms with Gasteiger partial charge in [-0.2, -0.15) is 0 Å². The molecule has 1 aromatic rings. The number of nitrogens with two attached hydrogens (primary N) is 1. The first-order valence-electron chi connectivity index (χ1n) is 5.41. The van der Waals surface area contributed by atoms with Gasteiger partial charge in [0.15, 0.2) is 0 Å². The van der Waals surface area contributed by atoms with Crippen molar-refractivity contribution in [1.82, 2.24) is 5.32 Å². The molecule has 6 heteroatoms. The minimum Gasteiger partial charge on any atom is -0.480 e. The molecule has 0 aliphatic carbocycles. The molecule has 1 aromatic carbocycles. The standard InChI is InChI=1S/C12H15BrN2O3/c1-6(2)10(12(17)18)15-11(16)7-3-8(13)5-9(14)4-7/h3-6,10H,14H2,1-2H3,(H,15,16)(H,17,18)/t10-/m0/s1. The molecule has 0 spiro atoms. The Morgan fingerprint density at radius 2 is 1.94 bits per heavy atom. The van der Waals surface area contributed by atoms with E-state index in [0.29, 0.717) is 15.7 Å². The van der Waals surface area contributed by atoms with Crippen LogP contribution < -0.4 is 11.1 Å². The second-order valence-corrected chi connectivity index (χ2v) is 5.22. The number of carboxylic acids is 1. The highest BCUT2D eigenvalue weighted by molar-refractivity contribution is 9.10. The van der Waals surface area contributed by atoms with Crippen LogP contribution in [-0.4, -0.2) is 23.0 Å². The van der Waals surface area contributed by atoms with E-state index in [2.05, 4.69) is 21.2 Å². The Hall–Kier alpha value is -1.56. The quantitative estimate of drug-likeness (QED) is 0.740. The van der Waals surface area contributed by atoms with Crippen LogP contribution in [0.2, 0.25) is 0 Å². The summed E-state index contributed by atoms with van der Waals surface area (Å²) in [6, 6.07) is 3.83. The van der Waals surface area contributed by atoms with Gasteiger partial charge in [0.25, 0.3) is 5.91 Å². The van der Waals surface area contributed by atoms with E-state index in [0.717, 1.165) is 0 Å². The van der Waals surface area contributed by atoms with Crippen molar-refractivity contribution in [1.29, 1.82) is 0 Å². The number of nitrogen functional groups attached to an aromatic ring is 1. The van der Waals surface area contributed by atoms with Gasteiger partial charge in [-0.1, -0.05) is 29.8 Å². The van der Waals surface area contributed by atoms with Gasteiger partial charge in [-0.05, 0) is 24.1 Å². The molecule has 1 rings (SSSR count). The number of amides is 1. The number of carboxylic acid groups (broad SMARTS) is 1. The van der Waals surface area contributed by atoms with Crippen LogP contribution in [0.4, 0.5) is 5.69 Å². The first-order valence-corrected chi connectivity index (χ1v) is 6.20. The number of aliphatic carboxylic acids is 1. The Balaban J connectivity index is 2.90. The number of benzene rings is 1. The SMILES string of the molecule is CC(C)[C@H](NC(=O)c1cc(N)cc(Br)c1)C(=O)O. The summed E-state index contributed by atoms with van der Waals surface area (Å²) in [4.78, 5) is 22.9. The molecule has 0 saturated heterocycles. The van der Waals surface area contributed by atoms with Gasteiger partial charge in [-0.3, -0.25) is 4.79 Å². The van der Waals surface area contributed by atoms with Crippen molar-refractivity contribution in [2.45, 2.75) is 19.9 Å². The monoisotopic (exact) mass is 314 g/mol. The van der Waals surface area contributed by atoms with E-state index < -0.39 is 17.9 Å². The Kier molecular flexibility index (Phi) is 4.72. The maximum atomic E-state index is 11.9. The van der Waals surface area contributed by atoms with E-state index in [9.17, 15) is 9.59 Å². The maximum Gasteiger partial charge on any atom is 0.326 e. The predicted octanol–water partition coefficient (Wildman–Crippen LogP) is 1.87. The van der Waals surface area contributed by atoms with Crippen LogP contribution in [0.15, 0.2) is 22.7 Å². The Morgan fingerprint density at radius 3 is 2.39 bits per heavy atom. The summed E-state index contributed by atoms with van der Waals surface area (Å²) >= 11 is 3.23. The van der Waals surface area contributed by atoms with Crippen molar-refractivity contribution in [3.05, 3.63) is 28.2 Å². The smallest absolute Gasteiger partial charge is 0.326 e. The second-order valence-electron chi connectivity index (χ2n) is 4.31. The molecule has 0 bridgehead atoms. The molecule has 18 heavy (non-hydrogen) atoms. The molecule has 98 valence electrons. The van der Waals surface area contributed by atoms with Crippen molar-refractivity contribution in [2.75, 3.05) is 5.73 Å². The molecule has 0 unspecified atom stereocenters. The van der Waals surface area contributed by atoms with Crippen LogP contribution in [0, 0.1) is 5.92 Å². The summed E-state index contributed by atoms with van der Waals surface area (Å²) in [5.41, 5.74) is 6.38. The van der Waals surface area contributed by atoms with Crippen LogP contribution in [0.5, 0.6) is 0 Å². The number of carbonyl (C=O) groups is 2. The lowest BCUT2D eigenvalue weighted by molar-refractivity contribution is -0.140. The topological polar surface area (TPSA) is 92.4 Å². The number of hydrogen-bond acceptors (Lipinski definition) is 3. The van der Waals surface area contributed by atoms with E-state index >= 15 is 0 Å². The number of halogens is 1. The number of carbonyl (C=O) groups excluding carboxylic acids is 1. The predicted molar refractivity (Wildman–Crippen MR) is 72.3 cm³/mol. The largest absolute Gasteiger partial charge is 0.480 e. The van der Waals surface area contributed by atoms with Gasteiger partial charge >= 0.3 is 5.97 Å². The fraction of sp³-hybridized carbons (Fsp3) is 0.333. The molecule has 0 aliphatic heterocycles. The average molecular weight is 315 g/mol. The highest BCUT2D eigenvalue weighted by Gasteiger charge is 2.24. The fourth-order valence-electron chi connectivity index (χ4n) is 1.48. The van der Waals surface area contributed by atoms with Crippen LogP contribution in [0.25, 0.3) is 0 Å². The molecule has 1 atom stereocenters. The molecule has 0 fully saturated rings. The zero-order valence-corrected chi connectivity index (χ0v) is 11.7. The number of nitrogens with one attached hydrogen (secondary N) is 1. The van der Waals surface area contributed by atoms with Crippen molar-refractivity contribution in [2.24, 2.45) is 5.92 Å². The Bertz CT molecular complexity index is 454. The Morgan fingerprint density at radius 1 is 1.33 bits per heavy atom. The Labute approximate surface area is 113 Å². The first kappa shape index (κ1) is 14.5. The van der Waals surface area contributed by atoms with Crippen LogP contribution in [0.3, 0.4) is 0 Å². The molecule has 5 nitrogen and oxygen atoms in total. The summed E-state index contributed by atoms with van der Waals surface area (Å²) in [6.45, 7) is 3.46. The lowest BCUT2D eigenvalue weighted by Crippen LogP contribution is -2.44. The van der Waals surface area contributed by atoms with E-state index in [4.69, 9.17) is 10.8 Å². The second kappa shape index (κ2) is 5.86. The summed E-state index contributed by atoms with van der Waals surface area (Å²) in [7, 11) is 0. The molecular formula is C12H15BrN2O3. The van der Waals surface area contributed by atoms with E-state index in [1.807, 2.05) is 0 Å². The van der Waals surface area contributed by atoms with Gasteiger partial charge in [0.05, 0.1) is 0 Å². The maximum absolute atomic E-state index is 11.9. The number of hydrogen-bond donors (Lipinski definition) is 3. The third-order valence-electron chi connectivity index (χ3n) is 2.40. The van der Waals surface area contributed by atoms with Gasteiger partial charge < -0.3 is 16.2 Å². The summed E-state index contributed by atoms with van der Waals surface area (Å²) in [6.07, 6.45) is 0. The molecule has 0 aliphatic rings. The molecule has 4 N–H and O–H groups in total. The zero-order chi connectivity index (χ0) is 13.9. The normalized spacial score (nSPS) is 12.2. The van der Waals surface area contributed by atoms with E-state index in [1.165, 1.54) is 6.07 Å².